The van der Waals surface area contributed by atoms with Crippen LogP contribution in [0.2, 0.25) is 0 Å². The second-order valence-electron chi connectivity index (χ2n) is 6.16. The van der Waals surface area contributed by atoms with E-state index in [1.807, 2.05) is 17.0 Å². The number of ether oxygens (including phenoxy) is 3. The standard InChI is InChI=1S/C19H20N2O4/c1-23-15-11-17-16(24-12-25-17)10-14(15)18-13(6-5-7-20-18)19(22)21-8-3-2-4-9-21/h5-7,10-11H,2-4,8-9,12H2,1H3. The molecular weight excluding hydrogens is 320 g/mol. The van der Waals surface area contributed by atoms with E-state index in [1.165, 1.54) is 6.42 Å². The fraction of sp³-hybridized carbons (Fsp3) is 0.368. The highest BCUT2D eigenvalue weighted by molar-refractivity contribution is 6.00. The van der Waals surface area contributed by atoms with Crippen molar-refractivity contribution in [1.82, 2.24) is 9.88 Å². The van der Waals surface area contributed by atoms with Crippen LogP contribution >= 0.6 is 0 Å². The maximum Gasteiger partial charge on any atom is 0.256 e. The van der Waals surface area contributed by atoms with Crippen LogP contribution < -0.4 is 14.2 Å². The summed E-state index contributed by atoms with van der Waals surface area (Å²) in [6, 6.07) is 7.22. The highest BCUT2D eigenvalue weighted by Gasteiger charge is 2.25. The lowest BCUT2D eigenvalue weighted by Gasteiger charge is -2.27. The number of rotatable bonds is 3. The monoisotopic (exact) mass is 340 g/mol. The number of carbonyl (C=O) groups is 1. The molecule has 4 rings (SSSR count). The van der Waals surface area contributed by atoms with E-state index >= 15 is 0 Å². The van der Waals surface area contributed by atoms with Crippen molar-refractivity contribution in [2.45, 2.75) is 19.3 Å². The van der Waals surface area contributed by atoms with E-state index in [4.69, 9.17) is 14.2 Å². The van der Waals surface area contributed by atoms with Crippen molar-refractivity contribution in [3.05, 3.63) is 36.0 Å². The molecule has 1 aromatic heterocycles. The Hall–Kier alpha value is -2.76. The van der Waals surface area contributed by atoms with E-state index in [1.54, 1.807) is 25.4 Å². The first kappa shape index (κ1) is 15.7. The summed E-state index contributed by atoms with van der Waals surface area (Å²) < 4.78 is 16.4. The minimum Gasteiger partial charge on any atom is -0.496 e. The average Bonchev–Trinajstić information content (AvgIpc) is 3.14. The van der Waals surface area contributed by atoms with Crippen LogP contribution in [0.1, 0.15) is 29.6 Å². The van der Waals surface area contributed by atoms with Gasteiger partial charge in [-0.3, -0.25) is 9.78 Å². The van der Waals surface area contributed by atoms with Crippen LogP contribution in [0.3, 0.4) is 0 Å². The molecule has 0 unspecified atom stereocenters. The normalized spacial score (nSPS) is 16.0. The van der Waals surface area contributed by atoms with E-state index in [2.05, 4.69) is 4.98 Å². The van der Waals surface area contributed by atoms with Crippen molar-refractivity contribution >= 4 is 5.91 Å². The number of aromatic nitrogens is 1. The van der Waals surface area contributed by atoms with Crippen molar-refractivity contribution in [2.24, 2.45) is 0 Å². The first-order valence-corrected chi connectivity index (χ1v) is 8.50. The number of benzene rings is 1. The van der Waals surface area contributed by atoms with Crippen LogP contribution in [-0.2, 0) is 0 Å². The number of hydrogen-bond donors (Lipinski definition) is 0. The minimum atomic E-state index is 0.0162. The quantitative estimate of drug-likeness (QED) is 0.859. The van der Waals surface area contributed by atoms with Gasteiger partial charge in [0.25, 0.3) is 5.91 Å². The largest absolute Gasteiger partial charge is 0.496 e. The predicted octanol–water partition coefficient (Wildman–Crippen LogP) is 3.11. The molecule has 3 heterocycles. The van der Waals surface area contributed by atoms with E-state index in [0.29, 0.717) is 28.5 Å². The van der Waals surface area contributed by atoms with Crippen LogP contribution in [-0.4, -0.2) is 42.8 Å². The van der Waals surface area contributed by atoms with Gasteiger partial charge in [-0.1, -0.05) is 0 Å². The summed E-state index contributed by atoms with van der Waals surface area (Å²) in [5.41, 5.74) is 1.92. The van der Waals surface area contributed by atoms with Gasteiger partial charge in [-0.2, -0.15) is 0 Å². The van der Waals surface area contributed by atoms with Crippen LogP contribution in [0, 0.1) is 0 Å². The molecular formula is C19H20N2O4. The van der Waals surface area contributed by atoms with Gasteiger partial charge in [-0.25, -0.2) is 0 Å². The SMILES string of the molecule is COc1cc2c(cc1-c1ncccc1C(=O)N1CCCCC1)OCO2. The zero-order valence-electron chi connectivity index (χ0n) is 14.2. The lowest BCUT2D eigenvalue weighted by Crippen LogP contribution is -2.36. The number of amides is 1. The fourth-order valence-corrected chi connectivity index (χ4v) is 3.34. The zero-order valence-corrected chi connectivity index (χ0v) is 14.2. The van der Waals surface area contributed by atoms with E-state index < -0.39 is 0 Å². The number of fused-ring (bicyclic) bond motifs is 1. The lowest BCUT2D eigenvalue weighted by molar-refractivity contribution is 0.0724. The van der Waals surface area contributed by atoms with Gasteiger partial charge in [0, 0.05) is 30.9 Å². The third kappa shape index (κ3) is 2.88. The number of likely N-dealkylation sites (tertiary alicyclic amines) is 1. The summed E-state index contributed by atoms with van der Waals surface area (Å²) in [6.45, 7) is 1.78. The molecule has 6 heteroatoms. The van der Waals surface area contributed by atoms with Gasteiger partial charge >= 0.3 is 0 Å². The molecule has 25 heavy (non-hydrogen) atoms. The Labute approximate surface area is 146 Å². The smallest absolute Gasteiger partial charge is 0.256 e. The van der Waals surface area contributed by atoms with Crippen LogP contribution in [0.25, 0.3) is 11.3 Å². The molecule has 2 aliphatic heterocycles. The molecule has 0 atom stereocenters. The fourth-order valence-electron chi connectivity index (χ4n) is 3.34. The molecule has 0 radical (unpaired) electrons. The van der Waals surface area contributed by atoms with Crippen molar-refractivity contribution in [2.75, 3.05) is 27.0 Å². The second-order valence-corrected chi connectivity index (χ2v) is 6.16. The number of hydrogen-bond acceptors (Lipinski definition) is 5. The summed E-state index contributed by atoms with van der Waals surface area (Å²) in [6.07, 6.45) is 4.97. The predicted molar refractivity (Wildman–Crippen MR) is 92.1 cm³/mol. The first-order chi connectivity index (χ1) is 12.3. The molecule has 1 aromatic carbocycles. The maximum absolute atomic E-state index is 13.0. The molecule has 2 aliphatic rings. The average molecular weight is 340 g/mol. The highest BCUT2D eigenvalue weighted by Crippen LogP contribution is 2.42. The third-order valence-corrected chi connectivity index (χ3v) is 4.63. The molecule has 0 N–H and O–H groups in total. The Morgan fingerprint density at radius 2 is 1.92 bits per heavy atom. The van der Waals surface area contributed by atoms with E-state index in [0.717, 1.165) is 31.5 Å². The Bertz CT molecular complexity index is 800. The topological polar surface area (TPSA) is 60.9 Å². The molecule has 6 nitrogen and oxygen atoms in total. The molecule has 1 fully saturated rings. The molecule has 0 spiro atoms. The number of piperidine rings is 1. The Kier molecular flexibility index (Phi) is 4.17. The van der Waals surface area contributed by atoms with Crippen molar-refractivity contribution in [1.29, 1.82) is 0 Å². The lowest BCUT2D eigenvalue weighted by atomic mass is 10.0. The summed E-state index contributed by atoms with van der Waals surface area (Å²) >= 11 is 0. The van der Waals surface area contributed by atoms with Gasteiger partial charge in [0.2, 0.25) is 6.79 Å². The van der Waals surface area contributed by atoms with Crippen molar-refractivity contribution in [3.63, 3.8) is 0 Å². The number of carbonyl (C=O) groups excluding carboxylic acids is 1. The van der Waals surface area contributed by atoms with Crippen LogP contribution in [0.15, 0.2) is 30.5 Å². The van der Waals surface area contributed by atoms with Crippen LogP contribution in [0.4, 0.5) is 0 Å². The van der Waals surface area contributed by atoms with Gasteiger partial charge in [0.05, 0.1) is 18.4 Å². The van der Waals surface area contributed by atoms with Gasteiger partial charge < -0.3 is 19.1 Å². The first-order valence-electron chi connectivity index (χ1n) is 8.50. The summed E-state index contributed by atoms with van der Waals surface area (Å²) in [4.78, 5) is 19.4. The van der Waals surface area contributed by atoms with Gasteiger partial charge in [0.1, 0.15) is 5.75 Å². The Morgan fingerprint density at radius 3 is 2.68 bits per heavy atom. The summed E-state index contributed by atoms with van der Waals surface area (Å²) in [5.74, 6) is 1.90. The van der Waals surface area contributed by atoms with Gasteiger partial charge in [0.15, 0.2) is 11.5 Å². The number of methoxy groups -OCH3 is 1. The Balaban J connectivity index is 1.78. The molecule has 130 valence electrons. The van der Waals surface area contributed by atoms with Crippen molar-refractivity contribution in [3.8, 4) is 28.5 Å². The second kappa shape index (κ2) is 6.63. The number of pyridine rings is 1. The van der Waals surface area contributed by atoms with E-state index in [-0.39, 0.29) is 12.7 Å². The number of nitrogens with zero attached hydrogens (tertiary/aromatic N) is 2. The van der Waals surface area contributed by atoms with E-state index in [9.17, 15) is 4.79 Å². The minimum absolute atomic E-state index is 0.0162. The molecule has 1 saturated heterocycles. The molecule has 0 aliphatic carbocycles. The molecule has 0 bridgehead atoms. The van der Waals surface area contributed by atoms with Gasteiger partial charge in [-0.15, -0.1) is 0 Å². The third-order valence-electron chi connectivity index (χ3n) is 4.63. The molecule has 1 amide bonds. The van der Waals surface area contributed by atoms with Gasteiger partial charge in [-0.05, 0) is 37.5 Å². The molecule has 2 aromatic rings. The highest BCUT2D eigenvalue weighted by atomic mass is 16.7. The van der Waals surface area contributed by atoms with Crippen LogP contribution in [0.5, 0.6) is 17.2 Å². The van der Waals surface area contributed by atoms with Crippen molar-refractivity contribution < 1.29 is 19.0 Å². The molecule has 0 saturated carbocycles. The zero-order chi connectivity index (χ0) is 17.2. The summed E-state index contributed by atoms with van der Waals surface area (Å²) in [5, 5.41) is 0. The summed E-state index contributed by atoms with van der Waals surface area (Å²) in [7, 11) is 1.59. The Morgan fingerprint density at radius 1 is 1.16 bits per heavy atom. The maximum atomic E-state index is 13.0.